The van der Waals surface area contributed by atoms with Crippen molar-refractivity contribution < 1.29 is 23.7 Å². The predicted octanol–water partition coefficient (Wildman–Crippen LogP) is 3.61. The first-order valence-corrected chi connectivity index (χ1v) is 8.45. The van der Waals surface area contributed by atoms with Crippen LogP contribution in [-0.2, 0) is 4.79 Å². The number of carbonyl (C=O) groups excluding carboxylic acids is 1. The lowest BCUT2D eigenvalue weighted by molar-refractivity contribution is -0.117. The molecule has 27 heavy (non-hydrogen) atoms. The van der Waals surface area contributed by atoms with Crippen LogP contribution < -0.4 is 24.3 Å². The van der Waals surface area contributed by atoms with E-state index >= 15 is 0 Å². The Morgan fingerprint density at radius 3 is 2.07 bits per heavy atom. The second-order valence-electron chi connectivity index (χ2n) is 5.76. The molecule has 6 nitrogen and oxygen atoms in total. The minimum absolute atomic E-state index is 0.196. The molecule has 0 heterocycles. The van der Waals surface area contributed by atoms with Crippen LogP contribution in [0.1, 0.15) is 24.1 Å². The van der Waals surface area contributed by atoms with Gasteiger partial charge in [-0.3, -0.25) is 4.79 Å². The maximum Gasteiger partial charge on any atom is 0.244 e. The molecule has 0 saturated heterocycles. The molecule has 2 rings (SSSR count). The van der Waals surface area contributed by atoms with Gasteiger partial charge < -0.3 is 24.3 Å². The number of amides is 1. The third-order valence-electron chi connectivity index (χ3n) is 4.08. The van der Waals surface area contributed by atoms with E-state index in [4.69, 9.17) is 18.9 Å². The lowest BCUT2D eigenvalue weighted by Gasteiger charge is -2.16. The van der Waals surface area contributed by atoms with Crippen LogP contribution in [0.3, 0.4) is 0 Å². The summed E-state index contributed by atoms with van der Waals surface area (Å²) in [6.45, 7) is 1.91. The third-order valence-corrected chi connectivity index (χ3v) is 4.08. The summed E-state index contributed by atoms with van der Waals surface area (Å²) in [5, 5.41) is 2.93. The van der Waals surface area contributed by atoms with Crippen molar-refractivity contribution in [3.05, 3.63) is 53.6 Å². The van der Waals surface area contributed by atoms with Gasteiger partial charge in [-0.05, 0) is 36.8 Å². The van der Waals surface area contributed by atoms with Crippen molar-refractivity contribution in [2.45, 2.75) is 13.0 Å². The lowest BCUT2D eigenvalue weighted by atomic mass is 10.1. The predicted molar refractivity (Wildman–Crippen MR) is 105 cm³/mol. The standard InChI is InChI=1S/C21H25NO5/c1-14(16-8-6-7-9-17(16)24-2)22-20(23)11-10-15-12-18(25-3)21(27-5)19(13-15)26-4/h6-14H,1-5H3,(H,22,23)/b11-10+/t14-/m1/s1. The van der Waals surface area contributed by atoms with E-state index in [1.54, 1.807) is 46.6 Å². The molecule has 0 saturated carbocycles. The molecule has 1 amide bonds. The van der Waals surface area contributed by atoms with Gasteiger partial charge in [0.1, 0.15) is 5.75 Å². The molecule has 6 heteroatoms. The van der Waals surface area contributed by atoms with Gasteiger partial charge in [0.05, 0.1) is 34.5 Å². The fourth-order valence-electron chi connectivity index (χ4n) is 2.73. The summed E-state index contributed by atoms with van der Waals surface area (Å²) in [6.07, 6.45) is 3.15. The quantitative estimate of drug-likeness (QED) is 0.718. The zero-order valence-electron chi connectivity index (χ0n) is 16.2. The maximum atomic E-state index is 12.3. The third kappa shape index (κ3) is 4.94. The number of benzene rings is 2. The van der Waals surface area contributed by atoms with Crippen molar-refractivity contribution in [2.75, 3.05) is 28.4 Å². The van der Waals surface area contributed by atoms with Crippen LogP contribution in [0.25, 0.3) is 6.08 Å². The second kappa shape index (κ2) is 9.52. The Bertz CT molecular complexity index is 791. The average Bonchev–Trinajstić information content (AvgIpc) is 2.71. The van der Waals surface area contributed by atoms with Crippen molar-refractivity contribution in [1.29, 1.82) is 0 Å². The molecule has 0 aliphatic heterocycles. The van der Waals surface area contributed by atoms with E-state index in [2.05, 4.69) is 5.32 Å². The van der Waals surface area contributed by atoms with Gasteiger partial charge in [-0.2, -0.15) is 0 Å². The number of nitrogens with one attached hydrogen (secondary N) is 1. The van der Waals surface area contributed by atoms with Crippen molar-refractivity contribution in [3.8, 4) is 23.0 Å². The van der Waals surface area contributed by atoms with Crippen LogP contribution in [0.4, 0.5) is 0 Å². The molecule has 0 aromatic heterocycles. The van der Waals surface area contributed by atoms with E-state index in [1.807, 2.05) is 31.2 Å². The molecule has 2 aromatic carbocycles. The topological polar surface area (TPSA) is 66.0 Å². The number of rotatable bonds is 8. The molecule has 1 atom stereocenters. The molecular formula is C21H25NO5. The molecule has 2 aromatic rings. The Balaban J connectivity index is 2.14. The number of hydrogen-bond acceptors (Lipinski definition) is 5. The van der Waals surface area contributed by atoms with Crippen molar-refractivity contribution in [2.24, 2.45) is 0 Å². The van der Waals surface area contributed by atoms with Gasteiger partial charge in [0.2, 0.25) is 11.7 Å². The number of methoxy groups -OCH3 is 4. The normalized spacial score (nSPS) is 11.7. The zero-order valence-corrected chi connectivity index (χ0v) is 16.2. The molecule has 0 radical (unpaired) electrons. The van der Waals surface area contributed by atoms with Crippen LogP contribution in [0.5, 0.6) is 23.0 Å². The van der Waals surface area contributed by atoms with E-state index in [-0.39, 0.29) is 11.9 Å². The summed E-state index contributed by atoms with van der Waals surface area (Å²) in [6, 6.07) is 10.9. The van der Waals surface area contributed by atoms with E-state index < -0.39 is 0 Å². The summed E-state index contributed by atoms with van der Waals surface area (Å²) in [7, 11) is 6.25. The largest absolute Gasteiger partial charge is 0.496 e. The molecule has 0 unspecified atom stereocenters. The Labute approximate surface area is 159 Å². The number of ether oxygens (including phenoxy) is 4. The van der Waals surface area contributed by atoms with Crippen LogP contribution in [-0.4, -0.2) is 34.3 Å². The SMILES string of the molecule is COc1ccccc1[C@@H](C)NC(=O)/C=C/c1cc(OC)c(OC)c(OC)c1. The first kappa shape index (κ1) is 20.2. The fourth-order valence-corrected chi connectivity index (χ4v) is 2.73. The van der Waals surface area contributed by atoms with Gasteiger partial charge in [-0.1, -0.05) is 18.2 Å². The Kier molecular flexibility index (Phi) is 7.11. The monoisotopic (exact) mass is 371 g/mol. The van der Waals surface area contributed by atoms with Crippen molar-refractivity contribution in [3.63, 3.8) is 0 Å². The molecule has 144 valence electrons. The molecule has 0 spiro atoms. The smallest absolute Gasteiger partial charge is 0.244 e. The number of carbonyl (C=O) groups is 1. The van der Waals surface area contributed by atoms with Crippen molar-refractivity contribution >= 4 is 12.0 Å². The highest BCUT2D eigenvalue weighted by Gasteiger charge is 2.14. The summed E-state index contributed by atoms with van der Waals surface area (Å²) in [5.74, 6) is 2.08. The summed E-state index contributed by atoms with van der Waals surface area (Å²) >= 11 is 0. The Morgan fingerprint density at radius 2 is 1.52 bits per heavy atom. The van der Waals surface area contributed by atoms with Gasteiger partial charge in [-0.15, -0.1) is 0 Å². The molecular weight excluding hydrogens is 346 g/mol. The zero-order chi connectivity index (χ0) is 19.8. The lowest BCUT2D eigenvalue weighted by Crippen LogP contribution is -2.24. The van der Waals surface area contributed by atoms with E-state index in [1.165, 1.54) is 6.08 Å². The van der Waals surface area contributed by atoms with E-state index in [0.29, 0.717) is 17.2 Å². The highest BCUT2D eigenvalue weighted by atomic mass is 16.5. The fraction of sp³-hybridized carbons (Fsp3) is 0.286. The first-order chi connectivity index (χ1) is 13.0. The number of para-hydroxylation sites is 1. The number of hydrogen-bond donors (Lipinski definition) is 1. The van der Waals surface area contributed by atoms with Gasteiger partial charge in [-0.25, -0.2) is 0 Å². The second-order valence-corrected chi connectivity index (χ2v) is 5.76. The van der Waals surface area contributed by atoms with Gasteiger partial charge in [0, 0.05) is 11.6 Å². The van der Waals surface area contributed by atoms with Gasteiger partial charge >= 0.3 is 0 Å². The van der Waals surface area contributed by atoms with E-state index in [0.717, 1.165) is 16.9 Å². The summed E-state index contributed by atoms with van der Waals surface area (Å²) < 4.78 is 21.3. The average molecular weight is 371 g/mol. The van der Waals surface area contributed by atoms with Crippen LogP contribution in [0, 0.1) is 0 Å². The maximum absolute atomic E-state index is 12.3. The molecule has 0 bridgehead atoms. The minimum atomic E-state index is -0.220. The van der Waals surface area contributed by atoms with Crippen LogP contribution >= 0.6 is 0 Å². The summed E-state index contributed by atoms with van der Waals surface area (Å²) in [5.41, 5.74) is 1.67. The van der Waals surface area contributed by atoms with Crippen molar-refractivity contribution in [1.82, 2.24) is 5.32 Å². The molecule has 0 aliphatic rings. The molecule has 0 aliphatic carbocycles. The van der Waals surface area contributed by atoms with Gasteiger partial charge in [0.25, 0.3) is 0 Å². The molecule has 0 fully saturated rings. The Hall–Kier alpha value is -3.15. The van der Waals surface area contributed by atoms with Gasteiger partial charge in [0.15, 0.2) is 11.5 Å². The van der Waals surface area contributed by atoms with Crippen LogP contribution in [0.2, 0.25) is 0 Å². The minimum Gasteiger partial charge on any atom is -0.496 e. The molecule has 1 N–H and O–H groups in total. The van der Waals surface area contributed by atoms with Crippen LogP contribution in [0.15, 0.2) is 42.5 Å². The Morgan fingerprint density at radius 1 is 0.926 bits per heavy atom. The van der Waals surface area contributed by atoms with E-state index in [9.17, 15) is 4.79 Å². The highest BCUT2D eigenvalue weighted by Crippen LogP contribution is 2.38. The highest BCUT2D eigenvalue weighted by molar-refractivity contribution is 5.92. The summed E-state index contributed by atoms with van der Waals surface area (Å²) in [4.78, 5) is 12.3. The first-order valence-electron chi connectivity index (χ1n) is 8.45.